The molecule has 1 aromatic rings. The topological polar surface area (TPSA) is 50.4 Å². The zero-order chi connectivity index (χ0) is 11.4. The van der Waals surface area contributed by atoms with E-state index in [1.807, 2.05) is 0 Å². The number of thiocarbonyl (C=S) groups is 1. The summed E-state index contributed by atoms with van der Waals surface area (Å²) in [7, 11) is 0. The second-order valence-corrected chi connectivity index (χ2v) is 3.99. The molecule has 0 aliphatic heterocycles. The Morgan fingerprint density at radius 2 is 1.87 bits per heavy atom. The van der Waals surface area contributed by atoms with Gasteiger partial charge in [0.2, 0.25) is 0 Å². The van der Waals surface area contributed by atoms with Crippen molar-refractivity contribution in [3.8, 4) is 0 Å². The molecular weight excluding hydrogens is 206 g/mol. The van der Waals surface area contributed by atoms with E-state index >= 15 is 0 Å². The van der Waals surface area contributed by atoms with Crippen molar-refractivity contribution in [3.63, 3.8) is 0 Å². The molecule has 0 saturated carbocycles. The molecule has 1 rings (SSSR count). The summed E-state index contributed by atoms with van der Waals surface area (Å²) >= 11 is 4.65. The molecule has 4 heteroatoms. The minimum Gasteiger partial charge on any atom is -0.375 e. The highest BCUT2D eigenvalue weighted by Crippen LogP contribution is 2.13. The third-order valence-electron chi connectivity index (χ3n) is 2.11. The van der Waals surface area contributed by atoms with Gasteiger partial charge in [0.05, 0.1) is 6.21 Å². The summed E-state index contributed by atoms with van der Waals surface area (Å²) in [5.41, 5.74) is 12.6. The van der Waals surface area contributed by atoms with Crippen LogP contribution >= 0.6 is 12.2 Å². The molecule has 0 aliphatic rings. The van der Waals surface area contributed by atoms with Crippen LogP contribution < -0.4 is 11.2 Å². The van der Waals surface area contributed by atoms with E-state index in [4.69, 9.17) is 5.73 Å². The van der Waals surface area contributed by atoms with Crippen LogP contribution in [0.25, 0.3) is 0 Å². The Morgan fingerprint density at radius 3 is 2.33 bits per heavy atom. The molecule has 0 fully saturated rings. The second kappa shape index (κ2) is 4.89. The van der Waals surface area contributed by atoms with Crippen molar-refractivity contribution in [2.24, 2.45) is 10.8 Å². The second-order valence-electron chi connectivity index (χ2n) is 3.55. The number of nitrogens with zero attached hydrogens (tertiary/aromatic N) is 1. The lowest BCUT2D eigenvalue weighted by atomic mass is 10.0. The van der Waals surface area contributed by atoms with Gasteiger partial charge >= 0.3 is 0 Å². The van der Waals surface area contributed by atoms with Crippen LogP contribution in [-0.2, 0) is 0 Å². The summed E-state index contributed by atoms with van der Waals surface area (Å²) in [5.74, 6) is 0. The first kappa shape index (κ1) is 11.7. The average Bonchev–Trinajstić information content (AvgIpc) is 2.08. The van der Waals surface area contributed by atoms with E-state index < -0.39 is 0 Å². The Hall–Kier alpha value is -1.42. The Labute approximate surface area is 95.4 Å². The highest BCUT2D eigenvalue weighted by Gasteiger charge is 2.00. The number of benzene rings is 1. The first-order chi connectivity index (χ1) is 7.00. The molecule has 15 heavy (non-hydrogen) atoms. The molecule has 0 bridgehead atoms. The molecule has 3 nitrogen and oxygen atoms in total. The number of rotatable bonds is 2. The van der Waals surface area contributed by atoms with E-state index in [0.29, 0.717) is 0 Å². The van der Waals surface area contributed by atoms with Crippen LogP contribution in [0.1, 0.15) is 22.3 Å². The van der Waals surface area contributed by atoms with E-state index in [0.717, 1.165) is 5.56 Å². The smallest absolute Gasteiger partial charge is 0.184 e. The van der Waals surface area contributed by atoms with Gasteiger partial charge in [0.15, 0.2) is 5.11 Å². The minimum absolute atomic E-state index is 0.175. The SMILES string of the molecule is Cc1cc(C)c(/C=N/NC(N)=S)c(C)c1. The zero-order valence-electron chi connectivity index (χ0n) is 9.16. The van der Waals surface area contributed by atoms with Crippen LogP contribution in [0.4, 0.5) is 0 Å². The monoisotopic (exact) mass is 221 g/mol. The van der Waals surface area contributed by atoms with E-state index in [2.05, 4.69) is 55.6 Å². The molecule has 80 valence electrons. The minimum atomic E-state index is 0.175. The van der Waals surface area contributed by atoms with E-state index in [9.17, 15) is 0 Å². The predicted molar refractivity (Wildman–Crippen MR) is 68.2 cm³/mol. The molecule has 0 radical (unpaired) electrons. The molecule has 0 aromatic heterocycles. The van der Waals surface area contributed by atoms with Crippen LogP contribution in [0, 0.1) is 20.8 Å². The van der Waals surface area contributed by atoms with Gasteiger partial charge in [-0.15, -0.1) is 0 Å². The number of hydrogen-bond acceptors (Lipinski definition) is 2. The summed E-state index contributed by atoms with van der Waals surface area (Å²) in [4.78, 5) is 0. The largest absolute Gasteiger partial charge is 0.375 e. The summed E-state index contributed by atoms with van der Waals surface area (Å²) in [5, 5.41) is 4.13. The van der Waals surface area contributed by atoms with Gasteiger partial charge < -0.3 is 5.73 Å². The third kappa shape index (κ3) is 3.32. The fourth-order valence-electron chi connectivity index (χ4n) is 1.56. The van der Waals surface area contributed by atoms with Crippen molar-refractivity contribution in [2.45, 2.75) is 20.8 Å². The van der Waals surface area contributed by atoms with Crippen LogP contribution in [0.5, 0.6) is 0 Å². The highest BCUT2D eigenvalue weighted by molar-refractivity contribution is 7.80. The molecule has 0 amide bonds. The lowest BCUT2D eigenvalue weighted by molar-refractivity contribution is 1.04. The third-order valence-corrected chi connectivity index (χ3v) is 2.20. The molecule has 0 aliphatic carbocycles. The van der Waals surface area contributed by atoms with Gasteiger partial charge in [-0.2, -0.15) is 5.10 Å². The number of hydrogen-bond donors (Lipinski definition) is 2. The molecule has 0 spiro atoms. The molecule has 1 aromatic carbocycles. The van der Waals surface area contributed by atoms with Gasteiger partial charge in [0.1, 0.15) is 0 Å². The molecular formula is C11H15N3S. The summed E-state index contributed by atoms with van der Waals surface area (Å²) in [6.45, 7) is 6.19. The van der Waals surface area contributed by atoms with Crippen molar-refractivity contribution in [1.29, 1.82) is 0 Å². The normalized spacial score (nSPS) is 10.6. The Kier molecular flexibility index (Phi) is 3.80. The summed E-state index contributed by atoms with van der Waals surface area (Å²) in [6.07, 6.45) is 1.74. The molecule has 0 atom stereocenters. The number of nitrogens with one attached hydrogen (secondary N) is 1. The van der Waals surface area contributed by atoms with Crippen LogP contribution in [0.3, 0.4) is 0 Å². The van der Waals surface area contributed by atoms with Crippen LogP contribution in [0.15, 0.2) is 17.2 Å². The maximum atomic E-state index is 5.26. The van der Waals surface area contributed by atoms with E-state index in [-0.39, 0.29) is 5.11 Å². The van der Waals surface area contributed by atoms with Crippen LogP contribution in [-0.4, -0.2) is 11.3 Å². The average molecular weight is 221 g/mol. The summed E-state index contributed by atoms with van der Waals surface area (Å²) < 4.78 is 0. The molecule has 0 unspecified atom stereocenters. The molecule has 0 heterocycles. The van der Waals surface area contributed by atoms with Crippen LogP contribution in [0.2, 0.25) is 0 Å². The first-order valence-electron chi connectivity index (χ1n) is 4.67. The Morgan fingerprint density at radius 1 is 1.33 bits per heavy atom. The van der Waals surface area contributed by atoms with Gasteiger partial charge in [-0.25, -0.2) is 0 Å². The first-order valence-corrected chi connectivity index (χ1v) is 5.08. The zero-order valence-corrected chi connectivity index (χ0v) is 9.98. The quantitative estimate of drug-likeness (QED) is 0.455. The lowest BCUT2D eigenvalue weighted by Gasteiger charge is -2.06. The number of aryl methyl sites for hydroxylation is 3. The van der Waals surface area contributed by atoms with Crippen molar-refractivity contribution in [3.05, 3.63) is 34.4 Å². The van der Waals surface area contributed by atoms with Crippen molar-refractivity contribution < 1.29 is 0 Å². The van der Waals surface area contributed by atoms with Gasteiger partial charge in [0.25, 0.3) is 0 Å². The van der Waals surface area contributed by atoms with Crippen molar-refractivity contribution in [2.75, 3.05) is 0 Å². The van der Waals surface area contributed by atoms with Gasteiger partial charge in [-0.3, -0.25) is 5.43 Å². The maximum absolute atomic E-state index is 5.26. The van der Waals surface area contributed by atoms with Gasteiger partial charge in [0, 0.05) is 5.56 Å². The lowest BCUT2D eigenvalue weighted by Crippen LogP contribution is -2.24. The number of hydrazone groups is 1. The van der Waals surface area contributed by atoms with E-state index in [1.54, 1.807) is 6.21 Å². The molecule has 0 saturated heterocycles. The molecule has 3 N–H and O–H groups in total. The Bertz CT molecular complexity index is 387. The predicted octanol–water partition coefficient (Wildman–Crippen LogP) is 1.78. The van der Waals surface area contributed by atoms with E-state index in [1.165, 1.54) is 16.7 Å². The van der Waals surface area contributed by atoms with Crippen molar-refractivity contribution in [1.82, 2.24) is 5.43 Å². The van der Waals surface area contributed by atoms with Crippen molar-refractivity contribution >= 4 is 23.5 Å². The fourth-order valence-corrected chi connectivity index (χ4v) is 1.61. The fraction of sp³-hybridized carbons (Fsp3) is 0.273. The highest BCUT2D eigenvalue weighted by atomic mass is 32.1. The maximum Gasteiger partial charge on any atom is 0.184 e. The van der Waals surface area contributed by atoms with Gasteiger partial charge in [-0.1, -0.05) is 17.7 Å². The van der Waals surface area contributed by atoms with Gasteiger partial charge in [-0.05, 0) is 44.1 Å². The standard InChI is InChI=1S/C11H15N3S/c1-7-4-8(2)10(9(3)5-7)6-13-14-11(12)15/h4-6H,1-3H3,(H3,12,14,15)/b13-6+. The Balaban J connectivity index is 2.94. The number of nitrogens with two attached hydrogens (primary N) is 1. The summed E-state index contributed by atoms with van der Waals surface area (Å²) in [6, 6.07) is 4.24.